The van der Waals surface area contributed by atoms with Crippen molar-refractivity contribution in [1.82, 2.24) is 14.8 Å². The first kappa shape index (κ1) is 19.5. The Labute approximate surface area is 161 Å². The van der Waals surface area contributed by atoms with Crippen LogP contribution in [0.1, 0.15) is 37.2 Å². The zero-order chi connectivity index (χ0) is 19.4. The molecule has 1 amide bonds. The lowest BCUT2D eigenvalue weighted by Crippen LogP contribution is -2.45. The van der Waals surface area contributed by atoms with Crippen LogP contribution in [0, 0.1) is 18.7 Å². The Morgan fingerprint density at radius 2 is 1.89 bits per heavy atom. The Hall–Kier alpha value is -2.27. The van der Waals surface area contributed by atoms with Gasteiger partial charge in [-0.25, -0.2) is 4.39 Å². The minimum Gasteiger partial charge on any atom is -0.334 e. The summed E-state index contributed by atoms with van der Waals surface area (Å²) in [6.45, 7) is 9.14. The number of benzene rings is 1. The maximum absolute atomic E-state index is 13.2. The van der Waals surface area contributed by atoms with Gasteiger partial charge in [0.25, 0.3) is 0 Å². The predicted molar refractivity (Wildman–Crippen MR) is 104 cm³/mol. The topological polar surface area (TPSA) is 36.4 Å². The number of hydrogen-bond donors (Lipinski definition) is 0. The maximum atomic E-state index is 13.2. The second kappa shape index (κ2) is 8.61. The van der Waals surface area contributed by atoms with Crippen LogP contribution in [0.2, 0.25) is 0 Å². The second-order valence-electron chi connectivity index (χ2n) is 7.71. The lowest BCUT2D eigenvalue weighted by molar-refractivity contribution is -0.134. The van der Waals surface area contributed by atoms with Crippen LogP contribution in [0.3, 0.4) is 0 Å². The highest BCUT2D eigenvalue weighted by Crippen LogP contribution is 2.22. The molecule has 0 bridgehead atoms. The number of carbonyl (C=O) groups is 1. The first-order valence-electron chi connectivity index (χ1n) is 9.61. The van der Waals surface area contributed by atoms with Crippen molar-refractivity contribution in [3.8, 4) is 0 Å². The highest BCUT2D eigenvalue weighted by molar-refractivity contribution is 5.77. The number of halogens is 1. The van der Waals surface area contributed by atoms with E-state index in [1.54, 1.807) is 12.1 Å². The minimum atomic E-state index is -0.252. The van der Waals surface area contributed by atoms with Gasteiger partial charge in [-0.15, -0.1) is 0 Å². The van der Waals surface area contributed by atoms with Crippen molar-refractivity contribution in [3.63, 3.8) is 0 Å². The Bertz CT molecular complexity index is 775. The standard InChI is InChI=1S/C22H28FN3O/c1-16(2)21-15-25(14-20-6-4-5-17(3)24-20)12-11-22(27)26(21)13-18-7-9-19(23)10-8-18/h4-10,16,21H,11-15H2,1-3H3. The molecular weight excluding hydrogens is 341 g/mol. The number of carbonyl (C=O) groups excluding carboxylic acids is 1. The van der Waals surface area contributed by atoms with E-state index in [0.29, 0.717) is 18.9 Å². The highest BCUT2D eigenvalue weighted by atomic mass is 19.1. The summed E-state index contributed by atoms with van der Waals surface area (Å²) in [6, 6.07) is 12.6. The van der Waals surface area contributed by atoms with E-state index >= 15 is 0 Å². The number of aromatic nitrogens is 1. The van der Waals surface area contributed by atoms with E-state index < -0.39 is 0 Å². The third kappa shape index (κ3) is 5.13. The van der Waals surface area contributed by atoms with E-state index in [-0.39, 0.29) is 17.8 Å². The molecule has 2 aromatic rings. The van der Waals surface area contributed by atoms with Crippen molar-refractivity contribution in [3.05, 3.63) is 65.2 Å². The monoisotopic (exact) mass is 369 g/mol. The molecular formula is C22H28FN3O. The summed E-state index contributed by atoms with van der Waals surface area (Å²) >= 11 is 0. The van der Waals surface area contributed by atoms with Crippen LogP contribution in [0.4, 0.5) is 4.39 Å². The van der Waals surface area contributed by atoms with Gasteiger partial charge in [0.1, 0.15) is 5.82 Å². The molecule has 5 heteroatoms. The SMILES string of the molecule is Cc1cccc(CN2CCC(=O)N(Cc3ccc(F)cc3)C(C(C)C)C2)n1. The molecule has 3 rings (SSSR count). The molecule has 4 nitrogen and oxygen atoms in total. The largest absolute Gasteiger partial charge is 0.334 e. The molecule has 1 atom stereocenters. The van der Waals surface area contributed by atoms with Crippen LogP contribution in [0.15, 0.2) is 42.5 Å². The van der Waals surface area contributed by atoms with Gasteiger partial charge in [0.15, 0.2) is 0 Å². The van der Waals surface area contributed by atoms with Gasteiger partial charge in [-0.05, 0) is 42.7 Å². The molecule has 1 unspecified atom stereocenters. The molecule has 0 radical (unpaired) electrons. The third-order valence-electron chi connectivity index (χ3n) is 5.18. The zero-order valence-corrected chi connectivity index (χ0v) is 16.4. The average molecular weight is 369 g/mol. The van der Waals surface area contributed by atoms with E-state index in [0.717, 1.165) is 36.6 Å². The lowest BCUT2D eigenvalue weighted by atomic mass is 10.0. The molecule has 0 N–H and O–H groups in total. The average Bonchev–Trinajstić information content (AvgIpc) is 2.77. The fourth-order valence-corrected chi connectivity index (χ4v) is 3.66. The van der Waals surface area contributed by atoms with Crippen LogP contribution in [-0.2, 0) is 17.9 Å². The first-order valence-corrected chi connectivity index (χ1v) is 9.61. The van der Waals surface area contributed by atoms with Gasteiger partial charge in [-0.2, -0.15) is 0 Å². The molecule has 0 saturated carbocycles. The molecule has 144 valence electrons. The minimum absolute atomic E-state index is 0.120. The van der Waals surface area contributed by atoms with Gasteiger partial charge in [-0.3, -0.25) is 14.7 Å². The summed E-state index contributed by atoms with van der Waals surface area (Å²) in [5.41, 5.74) is 3.01. The van der Waals surface area contributed by atoms with E-state index in [1.807, 2.05) is 30.0 Å². The van der Waals surface area contributed by atoms with Crippen LogP contribution < -0.4 is 0 Å². The van der Waals surface area contributed by atoms with E-state index in [4.69, 9.17) is 0 Å². The van der Waals surface area contributed by atoms with Crippen molar-refractivity contribution >= 4 is 5.91 Å². The summed E-state index contributed by atoms with van der Waals surface area (Å²) in [4.78, 5) is 21.8. The van der Waals surface area contributed by atoms with Crippen LogP contribution in [-0.4, -0.2) is 39.8 Å². The molecule has 1 aliphatic rings. The van der Waals surface area contributed by atoms with Crippen LogP contribution in [0.25, 0.3) is 0 Å². The number of aryl methyl sites for hydroxylation is 1. The van der Waals surface area contributed by atoms with Crippen molar-refractivity contribution in [2.24, 2.45) is 5.92 Å². The summed E-state index contributed by atoms with van der Waals surface area (Å²) in [5.74, 6) is 0.247. The van der Waals surface area contributed by atoms with Gasteiger partial charge in [0.05, 0.1) is 5.69 Å². The Kier molecular flexibility index (Phi) is 6.22. The smallest absolute Gasteiger partial charge is 0.224 e. The number of rotatable bonds is 5. The second-order valence-corrected chi connectivity index (χ2v) is 7.71. The van der Waals surface area contributed by atoms with Crippen molar-refractivity contribution in [2.45, 2.75) is 46.3 Å². The molecule has 1 aromatic heterocycles. The van der Waals surface area contributed by atoms with Gasteiger partial charge < -0.3 is 4.90 Å². The fourth-order valence-electron chi connectivity index (χ4n) is 3.66. The van der Waals surface area contributed by atoms with E-state index in [2.05, 4.69) is 23.7 Å². The zero-order valence-electron chi connectivity index (χ0n) is 16.4. The van der Waals surface area contributed by atoms with Crippen LogP contribution in [0.5, 0.6) is 0 Å². The maximum Gasteiger partial charge on any atom is 0.224 e. The van der Waals surface area contributed by atoms with Crippen molar-refractivity contribution in [1.29, 1.82) is 0 Å². The van der Waals surface area contributed by atoms with Crippen molar-refractivity contribution in [2.75, 3.05) is 13.1 Å². The Morgan fingerprint density at radius 1 is 1.15 bits per heavy atom. The summed E-state index contributed by atoms with van der Waals surface area (Å²) < 4.78 is 13.2. The number of pyridine rings is 1. The molecule has 0 spiro atoms. The number of hydrogen-bond acceptors (Lipinski definition) is 3. The number of amides is 1. The molecule has 1 aliphatic heterocycles. The Balaban J connectivity index is 1.76. The fraction of sp³-hybridized carbons (Fsp3) is 0.455. The third-order valence-corrected chi connectivity index (χ3v) is 5.18. The predicted octanol–water partition coefficient (Wildman–Crippen LogP) is 3.79. The lowest BCUT2D eigenvalue weighted by Gasteiger charge is -2.34. The van der Waals surface area contributed by atoms with Gasteiger partial charge >= 0.3 is 0 Å². The van der Waals surface area contributed by atoms with E-state index in [1.165, 1.54) is 12.1 Å². The summed E-state index contributed by atoms with van der Waals surface area (Å²) in [7, 11) is 0. The molecule has 1 aromatic carbocycles. The highest BCUT2D eigenvalue weighted by Gasteiger charge is 2.31. The van der Waals surface area contributed by atoms with Crippen LogP contribution >= 0.6 is 0 Å². The molecule has 27 heavy (non-hydrogen) atoms. The van der Waals surface area contributed by atoms with Gasteiger partial charge in [0.2, 0.25) is 5.91 Å². The number of nitrogens with zero attached hydrogens (tertiary/aromatic N) is 3. The molecule has 1 fully saturated rings. The van der Waals surface area contributed by atoms with E-state index in [9.17, 15) is 9.18 Å². The molecule has 1 saturated heterocycles. The van der Waals surface area contributed by atoms with Gasteiger partial charge in [-0.1, -0.05) is 32.0 Å². The Morgan fingerprint density at radius 3 is 2.56 bits per heavy atom. The molecule has 0 aliphatic carbocycles. The normalized spacial score (nSPS) is 18.8. The molecule has 2 heterocycles. The first-order chi connectivity index (χ1) is 12.9. The summed E-state index contributed by atoms with van der Waals surface area (Å²) in [6.07, 6.45) is 0.496. The van der Waals surface area contributed by atoms with Crippen molar-refractivity contribution < 1.29 is 9.18 Å². The quantitative estimate of drug-likeness (QED) is 0.805. The summed E-state index contributed by atoms with van der Waals surface area (Å²) in [5, 5.41) is 0. The van der Waals surface area contributed by atoms with Gasteiger partial charge in [0, 0.05) is 44.3 Å².